The lowest BCUT2D eigenvalue weighted by Crippen LogP contribution is -1.89. The van der Waals surface area contributed by atoms with E-state index in [0.29, 0.717) is 11.6 Å². The van der Waals surface area contributed by atoms with E-state index in [1.165, 1.54) is 0 Å². The van der Waals surface area contributed by atoms with Crippen molar-refractivity contribution in [1.82, 2.24) is 4.98 Å². The van der Waals surface area contributed by atoms with E-state index in [1.807, 2.05) is 37.3 Å². The van der Waals surface area contributed by atoms with Crippen molar-refractivity contribution >= 4 is 48.6 Å². The van der Waals surface area contributed by atoms with Gasteiger partial charge >= 0.3 is 0 Å². The van der Waals surface area contributed by atoms with E-state index >= 15 is 0 Å². The van der Waals surface area contributed by atoms with Crippen LogP contribution in [0.25, 0.3) is 22.6 Å². The first kappa shape index (κ1) is 12.7. The van der Waals surface area contributed by atoms with Crippen molar-refractivity contribution in [3.63, 3.8) is 0 Å². The smallest absolute Gasteiger partial charge is 0.227 e. The highest BCUT2D eigenvalue weighted by Crippen LogP contribution is 2.34. The molecule has 3 nitrogen and oxygen atoms in total. The third kappa shape index (κ3) is 2.28. The summed E-state index contributed by atoms with van der Waals surface area (Å²) >= 11 is 6.85. The fourth-order valence-electron chi connectivity index (χ4n) is 1.87. The Morgan fingerprint density at radius 2 is 1.79 bits per heavy atom. The molecule has 0 saturated heterocycles. The summed E-state index contributed by atoms with van der Waals surface area (Å²) in [7, 11) is 0. The van der Waals surface area contributed by atoms with Crippen LogP contribution in [0, 0.1) is 6.92 Å². The van der Waals surface area contributed by atoms with Gasteiger partial charge < -0.3 is 10.2 Å². The molecule has 3 rings (SSSR count). The van der Waals surface area contributed by atoms with Gasteiger partial charge in [0.2, 0.25) is 5.89 Å². The molecule has 0 saturated carbocycles. The Labute approximate surface area is 127 Å². The second-order valence-corrected chi connectivity index (χ2v) is 6.05. The standard InChI is InChI=1S/C14H10Br2N2O/c1-7-2-3-12-11(4-7)18-14(19-12)8-5-9(15)13(17)10(16)6-8/h2-6H,17H2,1H3. The minimum Gasteiger partial charge on any atom is -0.436 e. The molecule has 0 bridgehead atoms. The highest BCUT2D eigenvalue weighted by molar-refractivity contribution is 9.11. The molecule has 0 unspecified atom stereocenters. The molecule has 19 heavy (non-hydrogen) atoms. The number of benzene rings is 2. The maximum Gasteiger partial charge on any atom is 0.227 e. The van der Waals surface area contributed by atoms with Gasteiger partial charge in [0.05, 0.1) is 5.69 Å². The van der Waals surface area contributed by atoms with Gasteiger partial charge in [0.25, 0.3) is 0 Å². The lowest BCUT2D eigenvalue weighted by Gasteiger charge is -2.03. The quantitative estimate of drug-likeness (QED) is 0.609. The largest absolute Gasteiger partial charge is 0.436 e. The van der Waals surface area contributed by atoms with Gasteiger partial charge in [0.1, 0.15) is 5.52 Å². The van der Waals surface area contributed by atoms with Crippen LogP contribution < -0.4 is 5.73 Å². The highest BCUT2D eigenvalue weighted by atomic mass is 79.9. The van der Waals surface area contributed by atoms with Crippen LogP contribution in [0.1, 0.15) is 5.56 Å². The number of rotatable bonds is 1. The molecular formula is C14H10Br2N2O. The first-order valence-electron chi connectivity index (χ1n) is 5.66. The zero-order chi connectivity index (χ0) is 13.6. The number of nitrogens with zero attached hydrogens (tertiary/aromatic N) is 1. The zero-order valence-corrected chi connectivity index (χ0v) is 13.2. The molecule has 0 atom stereocenters. The molecule has 0 radical (unpaired) electrons. The highest BCUT2D eigenvalue weighted by Gasteiger charge is 2.11. The van der Waals surface area contributed by atoms with Crippen LogP contribution in [0.3, 0.4) is 0 Å². The van der Waals surface area contributed by atoms with Crippen LogP contribution in [-0.2, 0) is 0 Å². The number of anilines is 1. The van der Waals surface area contributed by atoms with Gasteiger partial charge in [-0.3, -0.25) is 0 Å². The second-order valence-electron chi connectivity index (χ2n) is 4.34. The van der Waals surface area contributed by atoms with E-state index in [9.17, 15) is 0 Å². The number of aromatic nitrogens is 1. The van der Waals surface area contributed by atoms with Crippen LogP contribution in [-0.4, -0.2) is 4.98 Å². The van der Waals surface area contributed by atoms with Gasteiger partial charge in [-0.15, -0.1) is 0 Å². The monoisotopic (exact) mass is 380 g/mol. The summed E-state index contributed by atoms with van der Waals surface area (Å²) in [5, 5.41) is 0. The van der Waals surface area contributed by atoms with Gasteiger partial charge in [-0.2, -0.15) is 0 Å². The summed E-state index contributed by atoms with van der Waals surface area (Å²) < 4.78 is 7.40. The summed E-state index contributed by atoms with van der Waals surface area (Å²) in [5.74, 6) is 0.585. The Kier molecular flexibility index (Phi) is 3.11. The van der Waals surface area contributed by atoms with Crippen molar-refractivity contribution in [2.24, 2.45) is 0 Å². The van der Waals surface area contributed by atoms with Crippen molar-refractivity contribution in [1.29, 1.82) is 0 Å². The zero-order valence-electron chi connectivity index (χ0n) is 10.1. The Morgan fingerprint density at radius 1 is 1.11 bits per heavy atom. The Bertz CT molecular complexity index is 757. The maximum atomic E-state index is 5.88. The van der Waals surface area contributed by atoms with Crippen LogP contribution in [0.5, 0.6) is 0 Å². The maximum absolute atomic E-state index is 5.88. The third-order valence-corrected chi connectivity index (χ3v) is 4.18. The van der Waals surface area contributed by atoms with Gasteiger partial charge in [-0.05, 0) is 68.6 Å². The van der Waals surface area contributed by atoms with E-state index in [0.717, 1.165) is 31.2 Å². The molecule has 3 aromatic rings. The number of nitrogens with two attached hydrogens (primary N) is 1. The van der Waals surface area contributed by atoms with Gasteiger partial charge in [0.15, 0.2) is 5.58 Å². The van der Waals surface area contributed by atoms with Gasteiger partial charge in [0, 0.05) is 14.5 Å². The molecule has 0 aliphatic carbocycles. The molecule has 0 aliphatic rings. The average Bonchev–Trinajstić information content (AvgIpc) is 2.78. The lowest BCUT2D eigenvalue weighted by molar-refractivity contribution is 0.619. The minimum atomic E-state index is 0.585. The lowest BCUT2D eigenvalue weighted by atomic mass is 10.2. The normalized spacial score (nSPS) is 11.1. The van der Waals surface area contributed by atoms with Crippen LogP contribution in [0.2, 0.25) is 0 Å². The number of hydrogen-bond acceptors (Lipinski definition) is 3. The molecule has 0 spiro atoms. The summed E-state index contributed by atoms with van der Waals surface area (Å²) in [6.07, 6.45) is 0. The molecule has 96 valence electrons. The number of nitrogen functional groups attached to an aromatic ring is 1. The molecule has 2 N–H and O–H groups in total. The van der Waals surface area contributed by atoms with Crippen LogP contribution in [0.4, 0.5) is 5.69 Å². The molecule has 5 heteroatoms. The number of fused-ring (bicyclic) bond motifs is 1. The molecule has 0 fully saturated rings. The second kappa shape index (κ2) is 4.65. The van der Waals surface area contributed by atoms with E-state index in [1.54, 1.807) is 0 Å². The SMILES string of the molecule is Cc1ccc2oc(-c3cc(Br)c(N)c(Br)c3)nc2c1. The number of oxazole rings is 1. The molecule has 2 aromatic carbocycles. The third-order valence-electron chi connectivity index (χ3n) is 2.87. The summed E-state index contributed by atoms with van der Waals surface area (Å²) in [5.41, 5.74) is 10.2. The number of aryl methyl sites for hydroxylation is 1. The van der Waals surface area contributed by atoms with Crippen molar-refractivity contribution in [3.05, 3.63) is 44.8 Å². The fourth-order valence-corrected chi connectivity index (χ4v) is 3.06. The van der Waals surface area contributed by atoms with Crippen molar-refractivity contribution in [3.8, 4) is 11.5 Å². The van der Waals surface area contributed by atoms with Crippen LogP contribution in [0.15, 0.2) is 43.7 Å². The minimum absolute atomic E-state index is 0.585. The molecule has 0 aliphatic heterocycles. The van der Waals surface area contributed by atoms with Crippen LogP contribution >= 0.6 is 31.9 Å². The van der Waals surface area contributed by atoms with Gasteiger partial charge in [-0.25, -0.2) is 4.98 Å². The topological polar surface area (TPSA) is 52.0 Å². The molecule has 0 amide bonds. The van der Waals surface area contributed by atoms with Crippen molar-refractivity contribution in [2.45, 2.75) is 6.92 Å². The average molecular weight is 382 g/mol. The summed E-state index contributed by atoms with van der Waals surface area (Å²) in [6, 6.07) is 9.74. The first-order chi connectivity index (χ1) is 9.04. The van der Waals surface area contributed by atoms with Gasteiger partial charge in [-0.1, -0.05) is 6.07 Å². The van der Waals surface area contributed by atoms with Crippen molar-refractivity contribution in [2.75, 3.05) is 5.73 Å². The predicted molar refractivity (Wildman–Crippen MR) is 84.0 cm³/mol. The Balaban J connectivity index is 2.19. The predicted octanol–water partition coefficient (Wildman–Crippen LogP) is 4.91. The summed E-state index contributed by atoms with van der Waals surface area (Å²) in [4.78, 5) is 4.51. The Morgan fingerprint density at radius 3 is 2.47 bits per heavy atom. The summed E-state index contributed by atoms with van der Waals surface area (Å²) in [6.45, 7) is 2.03. The van der Waals surface area contributed by atoms with E-state index in [4.69, 9.17) is 10.2 Å². The van der Waals surface area contributed by atoms with E-state index in [-0.39, 0.29) is 0 Å². The molecule has 1 aromatic heterocycles. The molecule has 1 heterocycles. The van der Waals surface area contributed by atoms with E-state index < -0.39 is 0 Å². The molecular weight excluding hydrogens is 372 g/mol. The van der Waals surface area contributed by atoms with E-state index in [2.05, 4.69) is 36.8 Å². The number of halogens is 2. The van der Waals surface area contributed by atoms with Crippen molar-refractivity contribution < 1.29 is 4.42 Å². The fraction of sp³-hybridized carbons (Fsp3) is 0.0714. The number of hydrogen-bond donors (Lipinski definition) is 1. The Hall–Kier alpha value is -1.33. The first-order valence-corrected chi connectivity index (χ1v) is 7.25.